The number of carbonyl (C=O) groups excluding carboxylic acids is 2. The molecule has 1 saturated carbocycles. The highest BCUT2D eigenvalue weighted by Gasteiger charge is 2.51. The van der Waals surface area contributed by atoms with Crippen molar-refractivity contribution in [2.24, 2.45) is 11.8 Å². The molecule has 202 valence electrons. The van der Waals surface area contributed by atoms with E-state index in [0.717, 1.165) is 42.6 Å². The monoisotopic (exact) mass is 538 g/mol. The molecule has 1 aliphatic carbocycles. The normalized spacial score (nSPS) is 22.4. The van der Waals surface area contributed by atoms with Gasteiger partial charge in [0.1, 0.15) is 17.3 Å². The van der Waals surface area contributed by atoms with Crippen molar-refractivity contribution in [2.75, 3.05) is 0 Å². The predicted molar refractivity (Wildman–Crippen MR) is 143 cm³/mol. The number of rotatable bonds is 8. The molecule has 1 saturated heterocycles. The molecule has 0 N–H and O–H groups in total. The SMILES string of the molecule is Cc1cc(C)n2nc(CC3C(=O)CC(CCc4ccc(OC(C)C)c(Cl)c4)(C4CCCC4)OC3=O)nc2n1. The van der Waals surface area contributed by atoms with Gasteiger partial charge in [-0.1, -0.05) is 30.5 Å². The minimum atomic E-state index is -0.898. The van der Waals surface area contributed by atoms with Gasteiger partial charge in [-0.15, -0.1) is 5.10 Å². The summed E-state index contributed by atoms with van der Waals surface area (Å²) in [6.45, 7) is 7.74. The Morgan fingerprint density at radius 2 is 1.92 bits per heavy atom. The standard InChI is InChI=1S/C29H35ClN4O4/c1-17(2)37-25-10-9-20(14-23(25)30)11-12-29(21-7-5-6-8-21)16-24(35)22(27(36)38-29)15-26-32-28-31-18(3)13-19(4)34(28)33-26/h9-10,13-14,17,21-22H,5-8,11-12,15-16H2,1-4H3. The summed E-state index contributed by atoms with van der Waals surface area (Å²) in [5, 5.41) is 5.06. The summed E-state index contributed by atoms with van der Waals surface area (Å²) in [5.41, 5.74) is 1.98. The van der Waals surface area contributed by atoms with Gasteiger partial charge >= 0.3 is 5.97 Å². The number of Topliss-reactive ketones (excluding diaryl/α,β-unsaturated/α-hetero) is 1. The van der Waals surface area contributed by atoms with Crippen LogP contribution in [0.25, 0.3) is 5.78 Å². The summed E-state index contributed by atoms with van der Waals surface area (Å²) in [4.78, 5) is 35.8. The van der Waals surface area contributed by atoms with Crippen LogP contribution >= 0.6 is 11.6 Å². The Hall–Kier alpha value is -3.00. The first-order chi connectivity index (χ1) is 18.1. The molecule has 2 aromatic heterocycles. The Morgan fingerprint density at radius 1 is 1.16 bits per heavy atom. The van der Waals surface area contributed by atoms with E-state index in [0.29, 0.717) is 35.2 Å². The van der Waals surface area contributed by atoms with Gasteiger partial charge < -0.3 is 9.47 Å². The Balaban J connectivity index is 1.33. The molecule has 9 heteroatoms. The van der Waals surface area contributed by atoms with E-state index in [1.54, 1.807) is 4.52 Å². The van der Waals surface area contributed by atoms with Crippen LogP contribution in [0.3, 0.4) is 0 Å². The van der Waals surface area contributed by atoms with Crippen molar-refractivity contribution in [3.63, 3.8) is 0 Å². The van der Waals surface area contributed by atoms with Gasteiger partial charge in [-0.3, -0.25) is 9.59 Å². The average Bonchev–Trinajstić information content (AvgIpc) is 3.52. The molecule has 3 heterocycles. The zero-order chi connectivity index (χ0) is 27.0. The summed E-state index contributed by atoms with van der Waals surface area (Å²) in [7, 11) is 0. The van der Waals surface area contributed by atoms with Gasteiger partial charge in [0.15, 0.2) is 11.6 Å². The van der Waals surface area contributed by atoms with Gasteiger partial charge in [-0.05, 0) is 83.1 Å². The minimum absolute atomic E-state index is 0.0322. The Morgan fingerprint density at radius 3 is 2.61 bits per heavy atom. The van der Waals surface area contributed by atoms with Crippen LogP contribution in [-0.2, 0) is 27.2 Å². The topological polar surface area (TPSA) is 95.7 Å². The quantitative estimate of drug-likeness (QED) is 0.279. The van der Waals surface area contributed by atoms with Crippen molar-refractivity contribution in [2.45, 2.75) is 90.8 Å². The average molecular weight is 539 g/mol. The Labute approximate surface area is 228 Å². The second-order valence-corrected chi connectivity index (χ2v) is 11.5. The Kier molecular flexibility index (Phi) is 7.45. The van der Waals surface area contributed by atoms with E-state index in [2.05, 4.69) is 15.1 Å². The van der Waals surface area contributed by atoms with E-state index in [4.69, 9.17) is 21.1 Å². The fraction of sp³-hybridized carbons (Fsp3) is 0.552. The van der Waals surface area contributed by atoms with E-state index in [1.807, 2.05) is 52.0 Å². The lowest BCUT2D eigenvalue weighted by atomic mass is 9.73. The second-order valence-electron chi connectivity index (χ2n) is 11.1. The van der Waals surface area contributed by atoms with Crippen LogP contribution in [0.1, 0.15) is 75.1 Å². The lowest BCUT2D eigenvalue weighted by Crippen LogP contribution is -2.52. The molecule has 0 bridgehead atoms. The zero-order valence-corrected chi connectivity index (χ0v) is 23.3. The maximum Gasteiger partial charge on any atom is 0.317 e. The van der Waals surface area contributed by atoms with Crippen molar-refractivity contribution in [1.29, 1.82) is 0 Å². The van der Waals surface area contributed by atoms with Crippen molar-refractivity contribution in [3.05, 3.63) is 52.1 Å². The van der Waals surface area contributed by atoms with Gasteiger partial charge in [-0.25, -0.2) is 9.50 Å². The number of ether oxygens (including phenoxy) is 2. The number of benzene rings is 1. The molecule has 38 heavy (non-hydrogen) atoms. The minimum Gasteiger partial charge on any atom is -0.489 e. The molecule has 5 rings (SSSR count). The number of fused-ring (bicyclic) bond motifs is 1. The van der Waals surface area contributed by atoms with Crippen molar-refractivity contribution < 1.29 is 19.1 Å². The van der Waals surface area contributed by atoms with Crippen molar-refractivity contribution >= 4 is 29.1 Å². The summed E-state index contributed by atoms with van der Waals surface area (Å²) < 4.78 is 13.7. The summed E-state index contributed by atoms with van der Waals surface area (Å²) in [5.74, 6) is 0.271. The number of hydrogen-bond acceptors (Lipinski definition) is 7. The highest BCUT2D eigenvalue weighted by molar-refractivity contribution is 6.32. The van der Waals surface area contributed by atoms with Gasteiger partial charge in [0.25, 0.3) is 5.78 Å². The molecule has 2 aliphatic rings. The van der Waals surface area contributed by atoms with Gasteiger partial charge in [0.05, 0.1) is 11.1 Å². The van der Waals surface area contributed by atoms with Crippen LogP contribution < -0.4 is 4.74 Å². The van der Waals surface area contributed by atoms with E-state index in [1.165, 1.54) is 0 Å². The number of aromatic nitrogens is 4. The summed E-state index contributed by atoms with van der Waals surface area (Å²) in [6.07, 6.45) is 5.71. The van der Waals surface area contributed by atoms with Gasteiger partial charge in [0.2, 0.25) is 0 Å². The Bertz CT molecular complexity index is 1340. The highest BCUT2D eigenvalue weighted by atomic mass is 35.5. The van der Waals surface area contributed by atoms with Crippen LogP contribution in [0.4, 0.5) is 0 Å². The summed E-state index contributed by atoms with van der Waals surface area (Å²) in [6, 6.07) is 7.70. The largest absolute Gasteiger partial charge is 0.489 e. The van der Waals surface area contributed by atoms with Crippen molar-refractivity contribution in [1.82, 2.24) is 19.6 Å². The predicted octanol–water partition coefficient (Wildman–Crippen LogP) is 5.42. The molecule has 0 spiro atoms. The molecule has 2 unspecified atom stereocenters. The number of nitrogens with zero attached hydrogens (tertiary/aromatic N) is 4. The third kappa shape index (κ3) is 5.41. The molecule has 8 nitrogen and oxygen atoms in total. The van der Waals surface area contributed by atoms with Gasteiger partial charge in [0, 0.05) is 24.2 Å². The molecule has 1 aliphatic heterocycles. The van der Waals surface area contributed by atoms with Gasteiger partial charge in [-0.2, -0.15) is 4.98 Å². The number of halogens is 1. The molecule has 0 radical (unpaired) electrons. The van der Waals surface area contributed by atoms with Crippen LogP contribution in [0.5, 0.6) is 5.75 Å². The second kappa shape index (κ2) is 10.6. The number of ketones is 1. The van der Waals surface area contributed by atoms with E-state index >= 15 is 0 Å². The molecular formula is C29H35ClN4O4. The third-order valence-corrected chi connectivity index (χ3v) is 8.09. The molecular weight excluding hydrogens is 504 g/mol. The third-order valence-electron chi connectivity index (χ3n) is 7.79. The smallest absolute Gasteiger partial charge is 0.317 e. The summed E-state index contributed by atoms with van der Waals surface area (Å²) >= 11 is 6.46. The maximum atomic E-state index is 13.5. The number of cyclic esters (lactones) is 1. The van der Waals surface area contributed by atoms with E-state index in [9.17, 15) is 9.59 Å². The molecule has 3 aromatic rings. The lowest BCUT2D eigenvalue weighted by Gasteiger charge is -2.43. The first-order valence-corrected chi connectivity index (χ1v) is 13.9. The first kappa shape index (κ1) is 26.6. The van der Waals surface area contributed by atoms with Crippen LogP contribution in [-0.4, -0.2) is 43.0 Å². The molecule has 0 amide bonds. The lowest BCUT2D eigenvalue weighted by molar-refractivity contribution is -0.185. The number of aryl methyl sites for hydroxylation is 3. The van der Waals surface area contributed by atoms with Crippen LogP contribution in [0.2, 0.25) is 5.02 Å². The fourth-order valence-electron chi connectivity index (χ4n) is 5.96. The van der Waals surface area contributed by atoms with E-state index < -0.39 is 17.5 Å². The van der Waals surface area contributed by atoms with E-state index in [-0.39, 0.29) is 30.6 Å². The fourth-order valence-corrected chi connectivity index (χ4v) is 6.21. The number of hydrogen-bond donors (Lipinski definition) is 0. The first-order valence-electron chi connectivity index (χ1n) is 13.5. The van der Waals surface area contributed by atoms with Crippen molar-refractivity contribution in [3.8, 4) is 5.75 Å². The zero-order valence-electron chi connectivity index (χ0n) is 22.5. The molecule has 2 fully saturated rings. The highest BCUT2D eigenvalue weighted by Crippen LogP contribution is 2.45. The number of carbonyl (C=O) groups is 2. The number of esters is 1. The molecule has 1 aromatic carbocycles. The van der Waals surface area contributed by atoms with Crippen LogP contribution in [0.15, 0.2) is 24.3 Å². The molecule has 2 atom stereocenters. The van der Waals surface area contributed by atoms with Crippen LogP contribution in [0, 0.1) is 25.7 Å². The maximum absolute atomic E-state index is 13.5.